The van der Waals surface area contributed by atoms with Crippen molar-refractivity contribution in [2.45, 2.75) is 13.0 Å². The molecule has 9 heteroatoms. The summed E-state index contributed by atoms with van der Waals surface area (Å²) in [5, 5.41) is 7.02. The molecule has 0 bridgehead atoms. The molecular formula is C21H19N5O4. The molecule has 1 unspecified atom stereocenters. The van der Waals surface area contributed by atoms with Gasteiger partial charge in [0, 0.05) is 24.7 Å². The molecule has 0 radical (unpaired) electrons. The summed E-state index contributed by atoms with van der Waals surface area (Å²) >= 11 is 0. The summed E-state index contributed by atoms with van der Waals surface area (Å²) < 4.78 is 12.3. The molecule has 2 aliphatic rings. The summed E-state index contributed by atoms with van der Waals surface area (Å²) in [5.74, 6) is 0.604. The van der Waals surface area contributed by atoms with Crippen molar-refractivity contribution in [1.82, 2.24) is 14.8 Å². The van der Waals surface area contributed by atoms with E-state index in [9.17, 15) is 9.59 Å². The molecule has 0 spiro atoms. The van der Waals surface area contributed by atoms with E-state index >= 15 is 0 Å². The quantitative estimate of drug-likeness (QED) is 0.698. The third-order valence-electron chi connectivity index (χ3n) is 5.12. The summed E-state index contributed by atoms with van der Waals surface area (Å²) in [5.41, 5.74) is 1.77. The smallest absolute Gasteiger partial charge is 0.248 e. The Bertz CT molecular complexity index is 1100. The van der Waals surface area contributed by atoms with E-state index in [0.717, 1.165) is 5.56 Å². The van der Waals surface area contributed by atoms with Gasteiger partial charge >= 0.3 is 0 Å². The van der Waals surface area contributed by atoms with Gasteiger partial charge in [0.2, 0.25) is 24.6 Å². The molecule has 3 heterocycles. The van der Waals surface area contributed by atoms with Crippen molar-refractivity contribution in [3.63, 3.8) is 0 Å². The third-order valence-corrected chi connectivity index (χ3v) is 5.12. The van der Waals surface area contributed by atoms with E-state index in [0.29, 0.717) is 23.7 Å². The molecule has 152 valence electrons. The molecule has 2 aliphatic heterocycles. The van der Waals surface area contributed by atoms with Gasteiger partial charge in [-0.05, 0) is 17.7 Å². The normalized spacial score (nSPS) is 17.4. The number of ether oxygens (including phenoxy) is 2. The Hall–Kier alpha value is -3.88. The number of carbonyl (C=O) groups is 2. The van der Waals surface area contributed by atoms with Crippen molar-refractivity contribution >= 4 is 23.5 Å². The molecule has 1 saturated heterocycles. The maximum absolute atomic E-state index is 12.7. The van der Waals surface area contributed by atoms with Crippen LogP contribution in [0.1, 0.15) is 12.0 Å². The molecule has 2 amide bonds. The molecule has 1 N–H and O–H groups in total. The van der Waals surface area contributed by atoms with Crippen molar-refractivity contribution in [3.8, 4) is 11.5 Å². The predicted molar refractivity (Wildman–Crippen MR) is 107 cm³/mol. The number of rotatable bonds is 5. The van der Waals surface area contributed by atoms with Crippen LogP contribution in [0.3, 0.4) is 0 Å². The van der Waals surface area contributed by atoms with Gasteiger partial charge < -0.3 is 14.4 Å². The Kier molecular flexibility index (Phi) is 4.55. The Morgan fingerprint density at radius 1 is 1.13 bits per heavy atom. The number of aromatic nitrogens is 3. The Morgan fingerprint density at radius 3 is 2.83 bits per heavy atom. The molecule has 30 heavy (non-hydrogen) atoms. The van der Waals surface area contributed by atoms with Crippen LogP contribution >= 0.6 is 0 Å². The van der Waals surface area contributed by atoms with Crippen molar-refractivity contribution in [2.75, 3.05) is 23.6 Å². The highest BCUT2D eigenvalue weighted by Crippen LogP contribution is 2.37. The topological polar surface area (TPSA) is 98.6 Å². The van der Waals surface area contributed by atoms with E-state index in [4.69, 9.17) is 9.47 Å². The molecule has 1 fully saturated rings. The molecule has 1 aromatic heterocycles. The molecule has 1 atom stereocenters. The van der Waals surface area contributed by atoms with Crippen molar-refractivity contribution in [1.29, 1.82) is 0 Å². The fourth-order valence-electron chi connectivity index (χ4n) is 3.60. The lowest BCUT2D eigenvalue weighted by Crippen LogP contribution is -2.28. The van der Waals surface area contributed by atoms with Crippen molar-refractivity contribution < 1.29 is 19.1 Å². The summed E-state index contributed by atoms with van der Waals surface area (Å²) in [4.78, 5) is 30.9. The fraction of sp³-hybridized carbons (Fsp3) is 0.238. The largest absolute Gasteiger partial charge is 0.454 e. The van der Waals surface area contributed by atoms with Gasteiger partial charge in [0.15, 0.2) is 11.5 Å². The number of hydrogen-bond acceptors (Lipinski definition) is 6. The van der Waals surface area contributed by atoms with Gasteiger partial charge in [0.05, 0.1) is 12.5 Å². The first kappa shape index (κ1) is 18.2. The lowest BCUT2D eigenvalue weighted by Gasteiger charge is -2.16. The summed E-state index contributed by atoms with van der Waals surface area (Å²) in [7, 11) is 0. The second kappa shape index (κ2) is 7.51. The van der Waals surface area contributed by atoms with Crippen LogP contribution in [0.4, 0.5) is 11.6 Å². The monoisotopic (exact) mass is 405 g/mol. The van der Waals surface area contributed by atoms with Crippen LogP contribution in [0, 0.1) is 5.92 Å². The van der Waals surface area contributed by atoms with Gasteiger partial charge in [-0.25, -0.2) is 9.67 Å². The highest BCUT2D eigenvalue weighted by atomic mass is 16.7. The number of hydrogen-bond donors (Lipinski definition) is 1. The maximum atomic E-state index is 12.7. The lowest BCUT2D eigenvalue weighted by molar-refractivity contribution is -0.122. The van der Waals surface area contributed by atoms with Crippen LogP contribution in [0.2, 0.25) is 0 Å². The third kappa shape index (κ3) is 3.57. The number of nitrogens with one attached hydrogen (secondary N) is 1. The number of benzene rings is 2. The standard InChI is InChI=1S/C21H19N5O4/c27-19-8-15(11-26(19)16-6-7-17-18(9-16)30-13-29-17)20(28)23-21-22-12-25(24-21)10-14-4-2-1-3-5-14/h1-7,9,12,15H,8,10-11,13H2,(H,23,24,28). The molecule has 5 rings (SSSR count). The SMILES string of the molecule is O=C(Nc1ncn(Cc2ccccc2)n1)C1CC(=O)N(c2ccc3c(c2)OCO3)C1. The molecule has 2 aromatic carbocycles. The Balaban J connectivity index is 1.22. The zero-order chi connectivity index (χ0) is 20.5. The molecular weight excluding hydrogens is 386 g/mol. The highest BCUT2D eigenvalue weighted by Gasteiger charge is 2.36. The minimum absolute atomic E-state index is 0.114. The first-order chi connectivity index (χ1) is 14.7. The number of amides is 2. The van der Waals surface area contributed by atoms with E-state index in [1.807, 2.05) is 30.3 Å². The molecule has 0 aliphatic carbocycles. The van der Waals surface area contributed by atoms with Crippen LogP contribution in [-0.4, -0.2) is 39.9 Å². The van der Waals surface area contributed by atoms with Crippen LogP contribution in [-0.2, 0) is 16.1 Å². The zero-order valence-electron chi connectivity index (χ0n) is 16.0. The van der Waals surface area contributed by atoms with E-state index in [2.05, 4.69) is 15.4 Å². The van der Waals surface area contributed by atoms with Gasteiger partial charge in [-0.1, -0.05) is 30.3 Å². The number of anilines is 2. The zero-order valence-corrected chi connectivity index (χ0v) is 16.0. The van der Waals surface area contributed by atoms with E-state index < -0.39 is 5.92 Å². The lowest BCUT2D eigenvalue weighted by atomic mass is 10.1. The van der Waals surface area contributed by atoms with Gasteiger partial charge in [-0.15, -0.1) is 5.10 Å². The molecule has 3 aromatic rings. The van der Waals surface area contributed by atoms with Crippen LogP contribution in [0.15, 0.2) is 54.9 Å². The minimum Gasteiger partial charge on any atom is -0.454 e. The average molecular weight is 405 g/mol. The Morgan fingerprint density at radius 2 is 1.97 bits per heavy atom. The molecule has 0 saturated carbocycles. The predicted octanol–water partition coefficient (Wildman–Crippen LogP) is 2.05. The van der Waals surface area contributed by atoms with Gasteiger partial charge in [-0.2, -0.15) is 0 Å². The second-order valence-electron chi connectivity index (χ2n) is 7.18. The van der Waals surface area contributed by atoms with E-state index in [1.165, 1.54) is 0 Å². The summed E-state index contributed by atoms with van der Waals surface area (Å²) in [6, 6.07) is 15.2. The van der Waals surface area contributed by atoms with E-state index in [1.54, 1.807) is 34.1 Å². The van der Waals surface area contributed by atoms with Crippen molar-refractivity contribution in [2.24, 2.45) is 5.92 Å². The van der Waals surface area contributed by atoms with E-state index in [-0.39, 0.29) is 37.5 Å². The number of carbonyl (C=O) groups excluding carboxylic acids is 2. The van der Waals surface area contributed by atoms with Gasteiger partial charge in [-0.3, -0.25) is 14.9 Å². The molecule has 9 nitrogen and oxygen atoms in total. The Labute approximate surface area is 172 Å². The van der Waals surface area contributed by atoms with Gasteiger partial charge in [0.25, 0.3) is 0 Å². The van der Waals surface area contributed by atoms with Crippen LogP contribution in [0.25, 0.3) is 0 Å². The second-order valence-corrected chi connectivity index (χ2v) is 7.18. The minimum atomic E-state index is -0.482. The first-order valence-corrected chi connectivity index (χ1v) is 9.60. The maximum Gasteiger partial charge on any atom is 0.248 e. The number of fused-ring (bicyclic) bond motifs is 1. The first-order valence-electron chi connectivity index (χ1n) is 9.60. The highest BCUT2D eigenvalue weighted by molar-refractivity contribution is 6.03. The number of nitrogens with zero attached hydrogens (tertiary/aromatic N) is 4. The average Bonchev–Trinajstić information content (AvgIpc) is 3.48. The summed E-state index contributed by atoms with van der Waals surface area (Å²) in [6.45, 7) is 1.01. The van der Waals surface area contributed by atoms with Gasteiger partial charge in [0.1, 0.15) is 6.33 Å². The summed E-state index contributed by atoms with van der Waals surface area (Å²) in [6.07, 6.45) is 1.70. The fourth-order valence-corrected chi connectivity index (χ4v) is 3.60. The van der Waals surface area contributed by atoms with Crippen LogP contribution in [0.5, 0.6) is 11.5 Å². The van der Waals surface area contributed by atoms with Crippen LogP contribution < -0.4 is 19.7 Å². The van der Waals surface area contributed by atoms with Crippen molar-refractivity contribution in [3.05, 3.63) is 60.4 Å².